The van der Waals surface area contributed by atoms with Gasteiger partial charge in [0.25, 0.3) is 5.91 Å². The summed E-state index contributed by atoms with van der Waals surface area (Å²) in [5.41, 5.74) is 0.618. The van der Waals surface area contributed by atoms with E-state index < -0.39 is 10.0 Å². The van der Waals surface area contributed by atoms with E-state index in [4.69, 9.17) is 0 Å². The van der Waals surface area contributed by atoms with E-state index in [-0.39, 0.29) is 24.2 Å². The summed E-state index contributed by atoms with van der Waals surface area (Å²) in [7, 11) is -3.36. The van der Waals surface area contributed by atoms with Gasteiger partial charge < -0.3 is 10.2 Å². The van der Waals surface area contributed by atoms with Gasteiger partial charge in [-0.3, -0.25) is 4.79 Å². The van der Waals surface area contributed by atoms with E-state index in [1.807, 2.05) is 17.0 Å². The molecule has 3 rings (SSSR count). The third kappa shape index (κ3) is 5.78. The van der Waals surface area contributed by atoms with Gasteiger partial charge >= 0.3 is 0 Å². The van der Waals surface area contributed by atoms with E-state index in [2.05, 4.69) is 21.2 Å². The predicted molar refractivity (Wildman–Crippen MR) is 115 cm³/mol. The molecule has 1 amide bonds. The number of nitrogens with zero attached hydrogens (tertiary/aromatic N) is 2. The summed E-state index contributed by atoms with van der Waals surface area (Å²) in [6, 6.07) is 7.45. The largest absolute Gasteiger partial charge is 0.335 e. The fourth-order valence-corrected chi connectivity index (χ4v) is 5.73. The van der Waals surface area contributed by atoms with Crippen molar-refractivity contribution in [2.75, 3.05) is 38.5 Å². The predicted octanol–water partition coefficient (Wildman–Crippen LogP) is 2.85. The standard InChI is InChI=1S/C20H30BrN3O3S/c21-18-9-7-17(8-10-18)20(25)24(19-5-3-1-2-4-6-19)15-16-28(26,27)23-13-11-22-12-14-23/h7-10,19,22H,1-6,11-16H2. The van der Waals surface area contributed by atoms with Crippen LogP contribution in [0.5, 0.6) is 0 Å². The van der Waals surface area contributed by atoms with Crippen LogP contribution in [0.4, 0.5) is 0 Å². The summed E-state index contributed by atoms with van der Waals surface area (Å²) < 4.78 is 28.1. The second-order valence-electron chi connectivity index (χ2n) is 7.62. The lowest BCUT2D eigenvalue weighted by molar-refractivity contribution is 0.0674. The van der Waals surface area contributed by atoms with Crippen LogP contribution in [0.15, 0.2) is 28.7 Å². The number of carbonyl (C=O) groups excluding carboxylic acids is 1. The molecular formula is C20H30BrN3O3S. The molecule has 0 radical (unpaired) electrons. The average Bonchev–Trinajstić information content (AvgIpc) is 2.99. The van der Waals surface area contributed by atoms with Gasteiger partial charge in [0.15, 0.2) is 0 Å². The van der Waals surface area contributed by atoms with E-state index in [9.17, 15) is 13.2 Å². The SMILES string of the molecule is O=C(c1ccc(Br)cc1)N(CCS(=O)(=O)N1CCNCC1)C1CCCCCC1. The first-order valence-corrected chi connectivity index (χ1v) is 12.6. The number of halogens is 1. The fraction of sp³-hybridized carbons (Fsp3) is 0.650. The van der Waals surface area contributed by atoms with Crippen LogP contribution < -0.4 is 5.32 Å². The van der Waals surface area contributed by atoms with Crippen molar-refractivity contribution in [3.63, 3.8) is 0 Å². The monoisotopic (exact) mass is 471 g/mol. The summed E-state index contributed by atoms with van der Waals surface area (Å²) in [4.78, 5) is 15.1. The van der Waals surface area contributed by atoms with Crippen LogP contribution in [0.1, 0.15) is 48.9 Å². The third-order valence-electron chi connectivity index (χ3n) is 5.68. The van der Waals surface area contributed by atoms with Crippen LogP contribution in [0.3, 0.4) is 0 Å². The average molecular weight is 472 g/mol. The molecule has 156 valence electrons. The molecule has 1 saturated heterocycles. The number of hydrogen-bond acceptors (Lipinski definition) is 4. The highest BCUT2D eigenvalue weighted by Crippen LogP contribution is 2.24. The maximum atomic E-state index is 13.3. The number of piperazine rings is 1. The summed E-state index contributed by atoms with van der Waals surface area (Å²) >= 11 is 3.40. The van der Waals surface area contributed by atoms with E-state index >= 15 is 0 Å². The minimum atomic E-state index is -3.36. The number of sulfonamides is 1. The molecule has 1 aromatic rings. The first-order valence-electron chi connectivity index (χ1n) is 10.2. The Balaban J connectivity index is 1.75. The highest BCUT2D eigenvalue weighted by molar-refractivity contribution is 9.10. The van der Waals surface area contributed by atoms with Crippen molar-refractivity contribution in [1.82, 2.24) is 14.5 Å². The Morgan fingerprint density at radius 1 is 1.07 bits per heavy atom. The zero-order valence-electron chi connectivity index (χ0n) is 16.3. The molecule has 1 heterocycles. The number of carbonyl (C=O) groups is 1. The van der Waals surface area contributed by atoms with Crippen molar-refractivity contribution < 1.29 is 13.2 Å². The van der Waals surface area contributed by atoms with Crippen molar-refractivity contribution in [1.29, 1.82) is 0 Å². The van der Waals surface area contributed by atoms with Crippen molar-refractivity contribution >= 4 is 31.9 Å². The molecule has 6 nitrogen and oxygen atoms in total. The number of hydrogen-bond donors (Lipinski definition) is 1. The van der Waals surface area contributed by atoms with Gasteiger partial charge in [0.05, 0.1) is 5.75 Å². The highest BCUT2D eigenvalue weighted by atomic mass is 79.9. The van der Waals surface area contributed by atoms with Gasteiger partial charge in [-0.05, 0) is 37.1 Å². The van der Waals surface area contributed by atoms with Crippen LogP contribution >= 0.6 is 15.9 Å². The number of amides is 1. The first-order chi connectivity index (χ1) is 13.5. The number of nitrogens with one attached hydrogen (secondary N) is 1. The molecule has 2 fully saturated rings. The smallest absolute Gasteiger partial charge is 0.254 e. The van der Waals surface area contributed by atoms with Crippen LogP contribution in [-0.4, -0.2) is 68.0 Å². The molecule has 8 heteroatoms. The molecule has 1 aliphatic heterocycles. The number of rotatable bonds is 6. The molecule has 28 heavy (non-hydrogen) atoms. The summed E-state index contributed by atoms with van der Waals surface area (Å²) in [5.74, 6) is -0.0684. The Bertz CT molecular complexity index is 740. The van der Waals surface area contributed by atoms with E-state index in [0.717, 1.165) is 30.2 Å². The Morgan fingerprint density at radius 3 is 2.29 bits per heavy atom. The Kier molecular flexibility index (Phi) is 7.91. The van der Waals surface area contributed by atoms with Crippen LogP contribution in [0, 0.1) is 0 Å². The van der Waals surface area contributed by atoms with Crippen LogP contribution in [0.25, 0.3) is 0 Å². The van der Waals surface area contributed by atoms with Crippen molar-refractivity contribution in [2.45, 2.75) is 44.6 Å². The van der Waals surface area contributed by atoms with Crippen molar-refractivity contribution in [3.8, 4) is 0 Å². The first kappa shape index (κ1) is 21.7. The molecule has 2 aliphatic rings. The van der Waals surface area contributed by atoms with Gasteiger partial charge in [0, 0.05) is 48.8 Å². The topological polar surface area (TPSA) is 69.7 Å². The minimum Gasteiger partial charge on any atom is -0.335 e. The Hall–Kier alpha value is -0.960. The molecular weight excluding hydrogens is 442 g/mol. The maximum absolute atomic E-state index is 13.3. The van der Waals surface area contributed by atoms with E-state index in [1.165, 1.54) is 12.8 Å². The summed E-state index contributed by atoms with van der Waals surface area (Å²) in [6.45, 7) is 2.64. The van der Waals surface area contributed by atoms with Gasteiger partial charge in [0.1, 0.15) is 0 Å². The fourth-order valence-electron chi connectivity index (χ4n) is 4.04. The second kappa shape index (κ2) is 10.2. The molecule has 1 saturated carbocycles. The molecule has 0 spiro atoms. The Labute approximate surface area is 176 Å². The quantitative estimate of drug-likeness (QED) is 0.647. The zero-order chi connectivity index (χ0) is 20.0. The lowest BCUT2D eigenvalue weighted by atomic mass is 10.1. The summed E-state index contributed by atoms with van der Waals surface area (Å²) in [6.07, 6.45) is 6.48. The van der Waals surface area contributed by atoms with Crippen molar-refractivity contribution in [2.24, 2.45) is 0 Å². The van der Waals surface area contributed by atoms with Gasteiger partial charge in [-0.1, -0.05) is 41.6 Å². The molecule has 0 atom stereocenters. The lowest BCUT2D eigenvalue weighted by Gasteiger charge is -2.33. The van der Waals surface area contributed by atoms with E-state index in [1.54, 1.807) is 16.4 Å². The molecule has 0 aromatic heterocycles. The van der Waals surface area contributed by atoms with Crippen LogP contribution in [0.2, 0.25) is 0 Å². The summed E-state index contributed by atoms with van der Waals surface area (Å²) in [5, 5.41) is 3.18. The zero-order valence-corrected chi connectivity index (χ0v) is 18.7. The molecule has 1 N–H and O–H groups in total. The number of benzene rings is 1. The maximum Gasteiger partial charge on any atom is 0.254 e. The molecule has 1 aromatic carbocycles. The third-order valence-corrected chi connectivity index (χ3v) is 8.06. The van der Waals surface area contributed by atoms with Gasteiger partial charge in [-0.15, -0.1) is 0 Å². The normalized spacial score (nSPS) is 19.9. The lowest BCUT2D eigenvalue weighted by Crippen LogP contribution is -2.49. The molecule has 0 bridgehead atoms. The van der Waals surface area contributed by atoms with Gasteiger partial charge in [-0.2, -0.15) is 4.31 Å². The Morgan fingerprint density at radius 2 is 1.68 bits per heavy atom. The molecule has 1 aliphatic carbocycles. The highest BCUT2D eigenvalue weighted by Gasteiger charge is 2.29. The van der Waals surface area contributed by atoms with E-state index in [0.29, 0.717) is 31.7 Å². The minimum absolute atomic E-state index is 0.00817. The van der Waals surface area contributed by atoms with Crippen molar-refractivity contribution in [3.05, 3.63) is 34.3 Å². The van der Waals surface area contributed by atoms with Gasteiger partial charge in [0.2, 0.25) is 10.0 Å². The second-order valence-corrected chi connectivity index (χ2v) is 10.6. The molecule has 0 unspecified atom stereocenters. The van der Waals surface area contributed by atoms with Gasteiger partial charge in [-0.25, -0.2) is 8.42 Å². The van der Waals surface area contributed by atoms with Crippen LogP contribution in [-0.2, 0) is 10.0 Å².